The highest BCUT2D eigenvalue weighted by atomic mass is 16.5. The summed E-state index contributed by atoms with van der Waals surface area (Å²) in [6.07, 6.45) is 5.12. The molecule has 0 saturated heterocycles. The minimum Gasteiger partial charge on any atom is -0.456 e. The van der Waals surface area contributed by atoms with Gasteiger partial charge in [0.2, 0.25) is 0 Å². The fraction of sp³-hybridized carbons (Fsp3) is 0.0244. The average Bonchev–Trinajstić information content (AvgIpc) is 3.24. The minimum absolute atomic E-state index is 0.741. The monoisotopic (exact) mass is 567 g/mol. The van der Waals surface area contributed by atoms with E-state index in [1.807, 2.05) is 42.5 Å². The predicted molar refractivity (Wildman–Crippen MR) is 180 cm³/mol. The molecule has 0 atom stereocenters. The van der Waals surface area contributed by atoms with E-state index in [0.29, 0.717) is 0 Å². The Bertz CT molecular complexity index is 2080. The van der Waals surface area contributed by atoms with E-state index in [1.54, 1.807) is 0 Å². The van der Waals surface area contributed by atoms with Gasteiger partial charge in [-0.2, -0.15) is 0 Å². The molecule has 0 N–H and O–H groups in total. The molecule has 0 unspecified atom stereocenters. The van der Waals surface area contributed by atoms with Gasteiger partial charge in [0, 0.05) is 45.4 Å². The summed E-state index contributed by atoms with van der Waals surface area (Å²) >= 11 is 0. The molecule has 8 rings (SSSR count). The Labute approximate surface area is 257 Å². The molecule has 0 radical (unpaired) electrons. The van der Waals surface area contributed by atoms with Crippen molar-refractivity contribution in [3.8, 4) is 56.4 Å². The third-order valence-corrected chi connectivity index (χ3v) is 8.27. The molecule has 3 heteroatoms. The zero-order valence-electron chi connectivity index (χ0n) is 24.1. The van der Waals surface area contributed by atoms with E-state index in [2.05, 4.69) is 121 Å². The molecule has 0 bridgehead atoms. The maximum absolute atomic E-state index is 6.90. The van der Waals surface area contributed by atoms with Gasteiger partial charge in [0.15, 0.2) is 0 Å². The number of rotatable bonds is 2. The minimum atomic E-state index is 0.741. The standard InChI is InChI=1S/C41H29NO2/c1-28-12-11-16-30-15-5-8-19-37(30)42(28)32-23-25-36-35-24-22-31(29-13-3-2-4-14-29)26-40(35)43-38-20-9-6-17-33(38)34-18-7-10-21-39(34)44-41(36)27-32/h2-15,17-27H,1,16H2. The van der Waals surface area contributed by atoms with Gasteiger partial charge in [0.05, 0.1) is 0 Å². The van der Waals surface area contributed by atoms with Crippen LogP contribution in [0.3, 0.4) is 0 Å². The van der Waals surface area contributed by atoms with Crippen LogP contribution in [0.2, 0.25) is 0 Å². The number of anilines is 2. The SMILES string of the molecule is C=C1C=CCc2ccccc2N1c1ccc2c(c1)Oc1ccccc1-c1ccccc1Oc1cc(-c3ccccc3)ccc1-2. The summed E-state index contributed by atoms with van der Waals surface area (Å²) in [7, 11) is 0. The first kappa shape index (κ1) is 25.9. The third kappa shape index (κ3) is 4.56. The molecule has 2 aliphatic heterocycles. The average molecular weight is 568 g/mol. The van der Waals surface area contributed by atoms with Crippen LogP contribution in [0.5, 0.6) is 23.0 Å². The molecule has 2 aliphatic rings. The van der Waals surface area contributed by atoms with Gasteiger partial charge in [-0.3, -0.25) is 0 Å². The molecule has 0 amide bonds. The molecule has 0 saturated carbocycles. The number of fused-ring (bicyclic) bond motifs is 7. The highest BCUT2D eigenvalue weighted by Crippen LogP contribution is 2.49. The van der Waals surface area contributed by atoms with Gasteiger partial charge in [-0.15, -0.1) is 0 Å². The van der Waals surface area contributed by atoms with E-state index < -0.39 is 0 Å². The Kier molecular flexibility index (Phi) is 6.35. The van der Waals surface area contributed by atoms with Gasteiger partial charge in [0.1, 0.15) is 23.0 Å². The third-order valence-electron chi connectivity index (χ3n) is 8.27. The Morgan fingerprint density at radius 1 is 0.500 bits per heavy atom. The number of allylic oxidation sites excluding steroid dienone is 2. The number of nitrogens with zero attached hydrogens (tertiary/aromatic N) is 1. The summed E-state index contributed by atoms with van der Waals surface area (Å²) in [5.74, 6) is 3.05. The van der Waals surface area contributed by atoms with E-state index >= 15 is 0 Å². The van der Waals surface area contributed by atoms with Crippen LogP contribution in [0.25, 0.3) is 33.4 Å². The van der Waals surface area contributed by atoms with Crippen LogP contribution in [-0.4, -0.2) is 0 Å². The first-order valence-corrected chi connectivity index (χ1v) is 14.8. The first-order valence-electron chi connectivity index (χ1n) is 14.8. The lowest BCUT2D eigenvalue weighted by Crippen LogP contribution is -2.15. The molecule has 0 aromatic heterocycles. The van der Waals surface area contributed by atoms with Crippen LogP contribution in [0.4, 0.5) is 11.4 Å². The summed E-state index contributed by atoms with van der Waals surface area (Å²) in [5.41, 5.74) is 10.3. The second-order valence-corrected chi connectivity index (χ2v) is 11.0. The highest BCUT2D eigenvalue weighted by molar-refractivity contribution is 5.86. The molecule has 0 aliphatic carbocycles. The topological polar surface area (TPSA) is 21.7 Å². The van der Waals surface area contributed by atoms with Gasteiger partial charge < -0.3 is 14.4 Å². The molecule has 2 heterocycles. The van der Waals surface area contributed by atoms with Crippen molar-refractivity contribution in [3.63, 3.8) is 0 Å². The van der Waals surface area contributed by atoms with Gasteiger partial charge >= 0.3 is 0 Å². The Balaban J connectivity index is 1.36. The molecule has 44 heavy (non-hydrogen) atoms. The van der Waals surface area contributed by atoms with Gasteiger partial charge in [-0.05, 0) is 71.7 Å². The van der Waals surface area contributed by atoms with Crippen molar-refractivity contribution in [2.75, 3.05) is 4.90 Å². The van der Waals surface area contributed by atoms with Gasteiger partial charge in [-0.1, -0.05) is 104 Å². The summed E-state index contributed by atoms with van der Waals surface area (Å²) in [5, 5.41) is 0. The van der Waals surface area contributed by atoms with Gasteiger partial charge in [0.25, 0.3) is 0 Å². The maximum atomic E-state index is 6.90. The molecule has 0 spiro atoms. The van der Waals surface area contributed by atoms with Crippen LogP contribution < -0.4 is 14.4 Å². The Morgan fingerprint density at radius 3 is 1.84 bits per heavy atom. The fourth-order valence-corrected chi connectivity index (χ4v) is 6.15. The van der Waals surface area contributed by atoms with Crippen LogP contribution in [-0.2, 0) is 6.42 Å². The molecule has 210 valence electrons. The quantitative estimate of drug-likeness (QED) is 0.207. The number of hydrogen-bond acceptors (Lipinski definition) is 3. The second-order valence-electron chi connectivity index (χ2n) is 11.0. The summed E-state index contributed by atoms with van der Waals surface area (Å²) in [4.78, 5) is 2.21. The first-order chi connectivity index (χ1) is 21.7. The fourth-order valence-electron chi connectivity index (χ4n) is 6.15. The van der Waals surface area contributed by atoms with E-state index in [9.17, 15) is 0 Å². The smallest absolute Gasteiger partial charge is 0.137 e. The molecular formula is C41H29NO2. The summed E-state index contributed by atoms with van der Waals surface area (Å²) in [6, 6.07) is 48.0. The molecule has 3 nitrogen and oxygen atoms in total. The number of para-hydroxylation sites is 3. The molecule has 6 aromatic rings. The lowest BCUT2D eigenvalue weighted by Gasteiger charge is -2.28. The predicted octanol–water partition coefficient (Wildman–Crippen LogP) is 11.3. The number of ether oxygens (including phenoxy) is 2. The molecular weight excluding hydrogens is 538 g/mol. The van der Waals surface area contributed by atoms with Crippen molar-refractivity contribution in [3.05, 3.63) is 170 Å². The Morgan fingerprint density at radius 2 is 1.09 bits per heavy atom. The highest BCUT2D eigenvalue weighted by Gasteiger charge is 2.23. The van der Waals surface area contributed by atoms with E-state index in [4.69, 9.17) is 9.47 Å². The molecule has 6 aromatic carbocycles. The largest absolute Gasteiger partial charge is 0.456 e. The van der Waals surface area contributed by atoms with Crippen molar-refractivity contribution in [2.45, 2.75) is 6.42 Å². The van der Waals surface area contributed by atoms with Crippen molar-refractivity contribution in [1.82, 2.24) is 0 Å². The molecule has 0 fully saturated rings. The van der Waals surface area contributed by atoms with Gasteiger partial charge in [-0.25, -0.2) is 0 Å². The van der Waals surface area contributed by atoms with E-state index in [-0.39, 0.29) is 0 Å². The van der Waals surface area contributed by atoms with Crippen molar-refractivity contribution in [1.29, 1.82) is 0 Å². The van der Waals surface area contributed by atoms with E-state index in [1.165, 1.54) is 5.56 Å². The normalized spacial score (nSPS) is 13.2. The van der Waals surface area contributed by atoms with Crippen LogP contribution in [0.15, 0.2) is 164 Å². The summed E-state index contributed by atoms with van der Waals surface area (Å²) < 4.78 is 13.7. The summed E-state index contributed by atoms with van der Waals surface area (Å²) in [6.45, 7) is 4.42. The zero-order valence-corrected chi connectivity index (χ0v) is 24.1. The van der Waals surface area contributed by atoms with Crippen molar-refractivity contribution < 1.29 is 9.47 Å². The zero-order chi connectivity index (χ0) is 29.5. The van der Waals surface area contributed by atoms with Crippen LogP contribution in [0.1, 0.15) is 5.56 Å². The Hall–Kier alpha value is -5.80. The van der Waals surface area contributed by atoms with Crippen LogP contribution in [0, 0.1) is 0 Å². The lowest BCUT2D eigenvalue weighted by molar-refractivity contribution is 0.472. The number of benzene rings is 6. The van der Waals surface area contributed by atoms with Crippen molar-refractivity contribution in [2.24, 2.45) is 0 Å². The second kappa shape index (κ2) is 10.8. The maximum Gasteiger partial charge on any atom is 0.137 e. The lowest BCUT2D eigenvalue weighted by atomic mass is 9.97. The van der Waals surface area contributed by atoms with Crippen LogP contribution >= 0.6 is 0 Å². The number of hydrogen-bond donors (Lipinski definition) is 0. The van der Waals surface area contributed by atoms with Crippen molar-refractivity contribution >= 4 is 11.4 Å². The van der Waals surface area contributed by atoms with E-state index in [0.717, 1.165) is 79.9 Å².